The molecule has 2 rings (SSSR count). The van der Waals surface area contributed by atoms with E-state index in [1.165, 1.54) is 17.3 Å². The van der Waals surface area contributed by atoms with Crippen molar-refractivity contribution >= 4 is 28.2 Å². The summed E-state index contributed by atoms with van der Waals surface area (Å²) < 4.78 is 22.0. The third-order valence-corrected chi connectivity index (χ3v) is 3.64. The number of amides is 1. The Morgan fingerprint density at radius 3 is 2.58 bits per heavy atom. The highest BCUT2D eigenvalue weighted by Gasteiger charge is 2.34. The zero-order valence-electron chi connectivity index (χ0n) is 9.89. The molecule has 1 saturated heterocycles. The van der Waals surface area contributed by atoms with Gasteiger partial charge >= 0.3 is 0 Å². The molecule has 0 spiro atoms. The lowest BCUT2D eigenvalue weighted by Crippen LogP contribution is -2.28. The van der Waals surface area contributed by atoms with Crippen molar-refractivity contribution in [2.45, 2.75) is 6.42 Å². The summed E-state index contributed by atoms with van der Waals surface area (Å²) in [5.74, 6) is -0.710. The number of rotatable bonds is 4. The third-order valence-electron chi connectivity index (χ3n) is 2.71. The predicted octanol–water partition coefficient (Wildman–Crippen LogP) is -1.07. The molecular weight excluding hydrogens is 272 g/mol. The molecule has 1 aliphatic heterocycles. The first kappa shape index (κ1) is 13.6. The molecular formula is C10H12N4O4S. The maximum Gasteiger partial charge on any atom is 0.232 e. The van der Waals surface area contributed by atoms with Gasteiger partial charge in [0.1, 0.15) is 0 Å². The highest BCUT2D eigenvalue weighted by molar-refractivity contribution is 7.89. The van der Waals surface area contributed by atoms with E-state index in [9.17, 15) is 18.0 Å². The number of hydrogen-bond donors (Lipinski definition) is 1. The molecule has 1 atom stereocenters. The summed E-state index contributed by atoms with van der Waals surface area (Å²) in [6, 6.07) is 0. The minimum atomic E-state index is -3.61. The summed E-state index contributed by atoms with van der Waals surface area (Å²) in [6.45, 7) is 0.204. The second-order valence-electron chi connectivity index (χ2n) is 4.34. The molecule has 2 heterocycles. The average molecular weight is 284 g/mol. The van der Waals surface area contributed by atoms with E-state index >= 15 is 0 Å². The molecule has 0 saturated carbocycles. The molecule has 1 aromatic heterocycles. The molecule has 0 bridgehead atoms. The minimum absolute atomic E-state index is 0.0925. The van der Waals surface area contributed by atoms with Crippen LogP contribution in [0.2, 0.25) is 0 Å². The Balaban J connectivity index is 2.13. The molecule has 8 nitrogen and oxygen atoms in total. The first-order valence-electron chi connectivity index (χ1n) is 5.47. The van der Waals surface area contributed by atoms with Crippen molar-refractivity contribution in [2.75, 3.05) is 17.2 Å². The molecule has 0 aromatic carbocycles. The topological polar surface area (TPSA) is 123 Å². The number of nitrogens with two attached hydrogens (primary N) is 1. The van der Waals surface area contributed by atoms with Gasteiger partial charge in [0.15, 0.2) is 6.29 Å². The van der Waals surface area contributed by atoms with Crippen LogP contribution in [0.25, 0.3) is 0 Å². The largest absolute Gasteiger partial charge is 0.298 e. The molecule has 9 heteroatoms. The van der Waals surface area contributed by atoms with Crippen molar-refractivity contribution < 1.29 is 18.0 Å². The van der Waals surface area contributed by atoms with Gasteiger partial charge in [0.05, 0.1) is 11.3 Å². The minimum Gasteiger partial charge on any atom is -0.298 e. The van der Waals surface area contributed by atoms with E-state index in [0.29, 0.717) is 11.8 Å². The van der Waals surface area contributed by atoms with Gasteiger partial charge in [-0.1, -0.05) is 0 Å². The number of hydrogen-bond acceptors (Lipinski definition) is 6. The lowest BCUT2D eigenvalue weighted by atomic mass is 10.1. The third kappa shape index (κ3) is 3.32. The smallest absolute Gasteiger partial charge is 0.232 e. The molecule has 0 aliphatic carbocycles. The van der Waals surface area contributed by atoms with Crippen LogP contribution in [0.4, 0.5) is 5.95 Å². The number of aldehydes is 1. The van der Waals surface area contributed by atoms with Gasteiger partial charge in [0, 0.05) is 31.3 Å². The van der Waals surface area contributed by atoms with Crippen molar-refractivity contribution in [3.05, 3.63) is 18.0 Å². The van der Waals surface area contributed by atoms with Gasteiger partial charge in [-0.05, 0) is 0 Å². The number of carbonyl (C=O) groups excluding carboxylic acids is 2. The Bertz CT molecular complexity index is 598. The Morgan fingerprint density at radius 1 is 1.42 bits per heavy atom. The molecule has 1 fully saturated rings. The van der Waals surface area contributed by atoms with Crippen molar-refractivity contribution in [3.8, 4) is 0 Å². The van der Waals surface area contributed by atoms with Crippen LogP contribution < -0.4 is 10.0 Å². The maximum absolute atomic E-state index is 11.8. The van der Waals surface area contributed by atoms with Crippen LogP contribution in [0.1, 0.15) is 16.8 Å². The van der Waals surface area contributed by atoms with Crippen LogP contribution in [-0.4, -0.2) is 42.9 Å². The van der Waals surface area contributed by atoms with Crippen molar-refractivity contribution in [3.63, 3.8) is 0 Å². The zero-order valence-corrected chi connectivity index (χ0v) is 10.7. The van der Waals surface area contributed by atoms with E-state index < -0.39 is 10.0 Å². The summed E-state index contributed by atoms with van der Waals surface area (Å²) in [6.07, 6.45) is 3.29. The number of nitrogens with zero attached hydrogens (tertiary/aromatic N) is 3. The van der Waals surface area contributed by atoms with Gasteiger partial charge in [-0.3, -0.25) is 14.5 Å². The summed E-state index contributed by atoms with van der Waals surface area (Å²) in [5, 5.41) is 4.96. The van der Waals surface area contributed by atoms with E-state index in [1.54, 1.807) is 0 Å². The van der Waals surface area contributed by atoms with E-state index in [2.05, 4.69) is 9.97 Å². The summed E-state index contributed by atoms with van der Waals surface area (Å²) in [4.78, 5) is 31.3. The van der Waals surface area contributed by atoms with Gasteiger partial charge in [-0.25, -0.2) is 23.5 Å². The Hall–Kier alpha value is -1.87. The van der Waals surface area contributed by atoms with Crippen molar-refractivity contribution in [1.29, 1.82) is 0 Å². The monoisotopic (exact) mass is 284 g/mol. The second kappa shape index (κ2) is 5.02. The SMILES string of the molecule is NS(=O)(=O)CC1CC(=O)N(c2ncc(C=O)cn2)C1. The van der Waals surface area contributed by atoms with Crippen molar-refractivity contribution in [1.82, 2.24) is 9.97 Å². The Kier molecular flexibility index (Phi) is 3.58. The quantitative estimate of drug-likeness (QED) is 0.702. The van der Waals surface area contributed by atoms with Crippen LogP contribution >= 0.6 is 0 Å². The zero-order chi connectivity index (χ0) is 14.0. The van der Waals surface area contributed by atoms with E-state index in [4.69, 9.17) is 5.14 Å². The maximum atomic E-state index is 11.8. The Labute approximate surface area is 109 Å². The fraction of sp³-hybridized carbons (Fsp3) is 0.400. The van der Waals surface area contributed by atoms with Crippen LogP contribution in [0.3, 0.4) is 0 Å². The molecule has 1 aliphatic rings. The number of sulfonamides is 1. The number of carbonyl (C=O) groups is 2. The molecule has 1 unspecified atom stereocenters. The van der Waals surface area contributed by atoms with Gasteiger partial charge in [0.25, 0.3) is 0 Å². The van der Waals surface area contributed by atoms with Crippen LogP contribution in [0.15, 0.2) is 12.4 Å². The van der Waals surface area contributed by atoms with E-state index in [0.717, 1.165) is 0 Å². The first-order chi connectivity index (χ1) is 8.89. The van der Waals surface area contributed by atoms with Crippen LogP contribution in [0, 0.1) is 5.92 Å². The van der Waals surface area contributed by atoms with Gasteiger partial charge in [0.2, 0.25) is 21.9 Å². The highest BCUT2D eigenvalue weighted by atomic mass is 32.2. The molecule has 19 heavy (non-hydrogen) atoms. The van der Waals surface area contributed by atoms with Crippen molar-refractivity contribution in [2.24, 2.45) is 11.1 Å². The molecule has 2 N–H and O–H groups in total. The van der Waals surface area contributed by atoms with Gasteiger partial charge < -0.3 is 0 Å². The lowest BCUT2D eigenvalue weighted by Gasteiger charge is -2.13. The van der Waals surface area contributed by atoms with E-state index in [1.807, 2.05) is 0 Å². The first-order valence-corrected chi connectivity index (χ1v) is 7.18. The van der Waals surface area contributed by atoms with Crippen LogP contribution in [-0.2, 0) is 14.8 Å². The molecule has 1 amide bonds. The molecule has 102 valence electrons. The number of primary sulfonamides is 1. The molecule has 0 radical (unpaired) electrons. The summed E-state index contributed by atoms with van der Waals surface area (Å²) in [5.41, 5.74) is 0.302. The summed E-state index contributed by atoms with van der Waals surface area (Å²) in [7, 11) is -3.61. The highest BCUT2D eigenvalue weighted by Crippen LogP contribution is 2.22. The number of anilines is 1. The van der Waals surface area contributed by atoms with Crippen LogP contribution in [0.5, 0.6) is 0 Å². The fourth-order valence-corrected chi connectivity index (χ4v) is 2.83. The predicted molar refractivity (Wildman–Crippen MR) is 65.9 cm³/mol. The summed E-state index contributed by atoms with van der Waals surface area (Å²) >= 11 is 0. The fourth-order valence-electron chi connectivity index (χ4n) is 1.95. The van der Waals surface area contributed by atoms with Gasteiger partial charge in [-0.2, -0.15) is 0 Å². The second-order valence-corrected chi connectivity index (χ2v) is 6.00. The molecule has 1 aromatic rings. The van der Waals surface area contributed by atoms with Gasteiger partial charge in [-0.15, -0.1) is 0 Å². The average Bonchev–Trinajstić information content (AvgIpc) is 2.68. The van der Waals surface area contributed by atoms with E-state index in [-0.39, 0.29) is 36.5 Å². The standard InChI is InChI=1S/C10H12N4O4S/c11-19(17,18)6-7-1-9(16)14(4-7)10-12-2-8(5-15)3-13-10/h2-3,5,7H,1,4,6H2,(H2,11,17,18). The number of aromatic nitrogens is 2. The normalized spacial score (nSPS) is 19.7. The lowest BCUT2D eigenvalue weighted by molar-refractivity contribution is -0.117. The Morgan fingerprint density at radius 2 is 2.05 bits per heavy atom.